The van der Waals surface area contributed by atoms with E-state index >= 15 is 0 Å². The van der Waals surface area contributed by atoms with E-state index in [2.05, 4.69) is 34.0 Å². The fourth-order valence-corrected chi connectivity index (χ4v) is 3.87. The zero-order chi connectivity index (χ0) is 13.5. The van der Waals surface area contributed by atoms with Gasteiger partial charge in [-0.1, -0.05) is 11.6 Å². The summed E-state index contributed by atoms with van der Waals surface area (Å²) in [5.41, 5.74) is 0.970. The highest BCUT2D eigenvalue weighted by Gasteiger charge is 2.31. The quantitative estimate of drug-likeness (QED) is 0.852. The Balaban J connectivity index is 1.75. The van der Waals surface area contributed by atoms with E-state index in [1.54, 1.807) is 0 Å². The molecule has 1 unspecified atom stereocenters. The summed E-state index contributed by atoms with van der Waals surface area (Å²) in [5.74, 6) is 3.66. The summed E-state index contributed by atoms with van der Waals surface area (Å²) in [5, 5.41) is 4.10. The van der Waals surface area contributed by atoms with Crippen molar-refractivity contribution >= 4 is 29.2 Å². The first-order chi connectivity index (χ1) is 9.07. The molecule has 1 aliphatic carbocycles. The summed E-state index contributed by atoms with van der Waals surface area (Å²) in [4.78, 5) is 9.07. The largest absolute Gasteiger partial charge is 0.368 e. The lowest BCUT2D eigenvalue weighted by Gasteiger charge is -2.24. The standard InChI is InChI=1S/C14H20ClN3S/c1-9-11(15)17-13(10-4-5-10)18-12(9)16-8-14(2)6-3-7-19-14/h10H,3-8H2,1-2H3,(H,16,17,18). The molecule has 1 saturated heterocycles. The van der Waals surface area contributed by atoms with E-state index in [0.717, 1.165) is 23.8 Å². The highest BCUT2D eigenvalue weighted by molar-refractivity contribution is 8.00. The number of anilines is 1. The Morgan fingerprint density at radius 2 is 2.21 bits per heavy atom. The monoisotopic (exact) mass is 297 g/mol. The number of nitrogens with zero attached hydrogens (tertiary/aromatic N) is 2. The lowest BCUT2D eigenvalue weighted by Crippen LogP contribution is -2.27. The zero-order valence-corrected chi connectivity index (χ0v) is 13.1. The van der Waals surface area contributed by atoms with Crippen LogP contribution >= 0.6 is 23.4 Å². The van der Waals surface area contributed by atoms with E-state index in [9.17, 15) is 0 Å². The van der Waals surface area contributed by atoms with Gasteiger partial charge in [-0.05, 0) is 45.3 Å². The average molecular weight is 298 g/mol. The predicted octanol–water partition coefficient (Wildman–Crippen LogP) is 4.01. The van der Waals surface area contributed by atoms with Crippen LogP contribution in [0.3, 0.4) is 0 Å². The van der Waals surface area contributed by atoms with E-state index in [1.165, 1.54) is 31.4 Å². The molecule has 3 rings (SSSR count). The summed E-state index contributed by atoms with van der Waals surface area (Å²) < 4.78 is 0.337. The second-order valence-corrected chi connectivity index (χ2v) is 7.92. The van der Waals surface area contributed by atoms with Gasteiger partial charge in [-0.15, -0.1) is 0 Å². The van der Waals surface area contributed by atoms with Gasteiger partial charge in [0.2, 0.25) is 0 Å². The highest BCUT2D eigenvalue weighted by atomic mass is 35.5. The Hall–Kier alpha value is -0.480. The molecular formula is C14H20ClN3S. The molecule has 1 aliphatic heterocycles. The number of hydrogen-bond donors (Lipinski definition) is 1. The normalized spacial score (nSPS) is 26.7. The third kappa shape index (κ3) is 3.00. The van der Waals surface area contributed by atoms with Gasteiger partial charge in [-0.3, -0.25) is 0 Å². The Kier molecular flexibility index (Phi) is 3.65. The van der Waals surface area contributed by atoms with Crippen molar-refractivity contribution < 1.29 is 0 Å². The third-order valence-corrected chi connectivity index (χ3v) is 5.88. The lowest BCUT2D eigenvalue weighted by atomic mass is 10.1. The van der Waals surface area contributed by atoms with Crippen molar-refractivity contribution in [1.82, 2.24) is 9.97 Å². The van der Waals surface area contributed by atoms with Crippen LogP contribution < -0.4 is 5.32 Å². The van der Waals surface area contributed by atoms with Crippen molar-refractivity contribution in [2.24, 2.45) is 0 Å². The van der Waals surface area contributed by atoms with Crippen LogP contribution in [0.15, 0.2) is 0 Å². The number of halogens is 1. The number of thioether (sulfide) groups is 1. The molecule has 2 aliphatic rings. The first-order valence-corrected chi connectivity index (χ1v) is 8.36. The van der Waals surface area contributed by atoms with Crippen LogP contribution in [0.1, 0.15) is 49.9 Å². The van der Waals surface area contributed by atoms with Crippen LogP contribution in [0.2, 0.25) is 5.15 Å². The van der Waals surface area contributed by atoms with Gasteiger partial charge in [-0.25, -0.2) is 9.97 Å². The van der Waals surface area contributed by atoms with Gasteiger partial charge < -0.3 is 5.32 Å². The molecular weight excluding hydrogens is 278 g/mol. The molecule has 1 aromatic heterocycles. The van der Waals surface area contributed by atoms with Gasteiger partial charge in [-0.2, -0.15) is 11.8 Å². The van der Waals surface area contributed by atoms with Gasteiger partial charge in [0.1, 0.15) is 16.8 Å². The second kappa shape index (κ2) is 5.13. The second-order valence-electron chi connectivity index (χ2n) is 5.88. The van der Waals surface area contributed by atoms with Crippen molar-refractivity contribution in [2.75, 3.05) is 17.6 Å². The summed E-state index contributed by atoms with van der Waals surface area (Å²) in [6.45, 7) is 5.28. The molecule has 0 bridgehead atoms. The molecule has 0 spiro atoms. The molecule has 2 fully saturated rings. The minimum absolute atomic E-state index is 0.337. The summed E-state index contributed by atoms with van der Waals surface area (Å²) >= 11 is 8.28. The molecule has 5 heteroatoms. The predicted molar refractivity (Wildman–Crippen MR) is 82.3 cm³/mol. The molecule has 19 heavy (non-hydrogen) atoms. The van der Waals surface area contributed by atoms with Crippen LogP contribution in [-0.2, 0) is 0 Å². The average Bonchev–Trinajstić information content (AvgIpc) is 3.14. The van der Waals surface area contributed by atoms with Crippen LogP contribution in [-0.4, -0.2) is 27.0 Å². The molecule has 0 aromatic carbocycles. The third-order valence-electron chi connectivity index (χ3n) is 3.98. The van der Waals surface area contributed by atoms with Crippen LogP contribution in [0.5, 0.6) is 0 Å². The fourth-order valence-electron chi connectivity index (χ4n) is 2.45. The number of hydrogen-bond acceptors (Lipinski definition) is 4. The molecule has 1 atom stereocenters. The summed E-state index contributed by atoms with van der Waals surface area (Å²) in [6.07, 6.45) is 5.00. The fraction of sp³-hybridized carbons (Fsp3) is 0.714. The molecule has 2 heterocycles. The van der Waals surface area contributed by atoms with Gasteiger partial charge in [0.25, 0.3) is 0 Å². The highest BCUT2D eigenvalue weighted by Crippen LogP contribution is 2.40. The summed E-state index contributed by atoms with van der Waals surface area (Å²) in [7, 11) is 0. The minimum Gasteiger partial charge on any atom is -0.368 e. The van der Waals surface area contributed by atoms with Crippen molar-refractivity contribution in [2.45, 2.75) is 50.2 Å². The first kappa shape index (κ1) is 13.5. The molecule has 1 aromatic rings. The Morgan fingerprint density at radius 1 is 1.42 bits per heavy atom. The van der Waals surface area contributed by atoms with Gasteiger partial charge >= 0.3 is 0 Å². The van der Waals surface area contributed by atoms with Crippen molar-refractivity contribution in [3.05, 3.63) is 16.5 Å². The van der Waals surface area contributed by atoms with Crippen molar-refractivity contribution in [3.63, 3.8) is 0 Å². The maximum absolute atomic E-state index is 6.22. The number of rotatable bonds is 4. The van der Waals surface area contributed by atoms with E-state index in [0.29, 0.717) is 15.8 Å². The zero-order valence-electron chi connectivity index (χ0n) is 11.5. The molecule has 104 valence electrons. The molecule has 1 saturated carbocycles. The van der Waals surface area contributed by atoms with E-state index in [1.807, 2.05) is 6.92 Å². The minimum atomic E-state index is 0.337. The molecule has 0 amide bonds. The Bertz CT molecular complexity index is 482. The smallest absolute Gasteiger partial charge is 0.137 e. The Labute approximate surface area is 123 Å². The molecule has 0 radical (unpaired) electrons. The SMILES string of the molecule is Cc1c(Cl)nc(C2CC2)nc1NCC1(C)CCCS1. The van der Waals surface area contributed by atoms with Crippen molar-refractivity contribution in [1.29, 1.82) is 0 Å². The summed E-state index contributed by atoms with van der Waals surface area (Å²) in [6, 6.07) is 0. The lowest BCUT2D eigenvalue weighted by molar-refractivity contribution is 0.633. The number of aromatic nitrogens is 2. The van der Waals surface area contributed by atoms with Crippen LogP contribution in [0.4, 0.5) is 5.82 Å². The van der Waals surface area contributed by atoms with Crippen LogP contribution in [0.25, 0.3) is 0 Å². The van der Waals surface area contributed by atoms with Gasteiger partial charge in [0.15, 0.2) is 0 Å². The van der Waals surface area contributed by atoms with E-state index in [4.69, 9.17) is 11.6 Å². The Morgan fingerprint density at radius 3 is 2.84 bits per heavy atom. The van der Waals surface area contributed by atoms with Crippen molar-refractivity contribution in [3.8, 4) is 0 Å². The maximum Gasteiger partial charge on any atom is 0.137 e. The number of nitrogens with one attached hydrogen (secondary N) is 1. The topological polar surface area (TPSA) is 37.8 Å². The van der Waals surface area contributed by atoms with Gasteiger partial charge in [0, 0.05) is 22.8 Å². The molecule has 1 N–H and O–H groups in total. The van der Waals surface area contributed by atoms with Gasteiger partial charge in [0.05, 0.1) is 0 Å². The maximum atomic E-state index is 6.22. The van der Waals surface area contributed by atoms with Crippen LogP contribution in [0, 0.1) is 6.92 Å². The van der Waals surface area contributed by atoms with E-state index in [-0.39, 0.29) is 0 Å². The molecule has 3 nitrogen and oxygen atoms in total. The van der Waals surface area contributed by atoms with E-state index < -0.39 is 0 Å². The first-order valence-electron chi connectivity index (χ1n) is 6.99.